The van der Waals surface area contributed by atoms with Crippen LogP contribution in [0.2, 0.25) is 0 Å². The van der Waals surface area contributed by atoms with Gasteiger partial charge in [0.25, 0.3) is 0 Å². The van der Waals surface area contributed by atoms with Crippen LogP contribution in [0.1, 0.15) is 32.8 Å². The Morgan fingerprint density at radius 3 is 2.28 bits per heavy atom. The van der Waals surface area contributed by atoms with Gasteiger partial charge in [-0.3, -0.25) is 14.5 Å². The fraction of sp³-hybridized carbons (Fsp3) is 0.571. The molecule has 2 amide bonds. The number of carbonyl (C=O) groups is 3. The first kappa shape index (κ1) is 22.7. The van der Waals surface area contributed by atoms with Gasteiger partial charge in [0.15, 0.2) is 0 Å². The zero-order valence-electron chi connectivity index (χ0n) is 17.4. The van der Waals surface area contributed by atoms with Crippen molar-refractivity contribution in [3.63, 3.8) is 0 Å². The van der Waals surface area contributed by atoms with E-state index in [1.165, 1.54) is 0 Å². The van der Waals surface area contributed by atoms with Crippen molar-refractivity contribution in [2.45, 2.75) is 45.3 Å². The Balaban J connectivity index is 2.00. The number of hydrogen-bond acceptors (Lipinski definition) is 5. The number of carbonyl (C=O) groups excluding carboxylic acids is 2. The standard InChI is InChI=1S/C21H31N3O5/c1-21(2,3)29-20(28)22-17(15-16-7-5-4-6-8-16)19(27)24-13-11-23(12-14-24)10-9-18(25)26/h4-8,17H,9-15H2,1-3H3,(H,22,28)(H,25,26). The number of carboxylic acids is 1. The summed E-state index contributed by atoms with van der Waals surface area (Å²) in [5, 5.41) is 11.5. The van der Waals surface area contributed by atoms with Crippen molar-refractivity contribution in [2.24, 2.45) is 0 Å². The molecule has 0 bridgehead atoms. The number of rotatable bonds is 7. The van der Waals surface area contributed by atoms with E-state index in [4.69, 9.17) is 9.84 Å². The van der Waals surface area contributed by atoms with Gasteiger partial charge in [0.2, 0.25) is 5.91 Å². The molecule has 0 aromatic heterocycles. The van der Waals surface area contributed by atoms with Crippen LogP contribution in [-0.4, -0.2) is 77.2 Å². The molecule has 2 rings (SSSR count). The molecule has 1 unspecified atom stereocenters. The molecular weight excluding hydrogens is 374 g/mol. The zero-order valence-corrected chi connectivity index (χ0v) is 17.4. The third-order valence-corrected chi connectivity index (χ3v) is 4.60. The molecule has 1 aliphatic heterocycles. The number of ether oxygens (including phenoxy) is 1. The highest BCUT2D eigenvalue weighted by Gasteiger charge is 2.30. The molecule has 0 aliphatic carbocycles. The zero-order chi connectivity index (χ0) is 21.4. The second kappa shape index (κ2) is 10.2. The molecule has 1 atom stereocenters. The Morgan fingerprint density at radius 2 is 1.72 bits per heavy atom. The van der Waals surface area contributed by atoms with Gasteiger partial charge in [0.05, 0.1) is 6.42 Å². The summed E-state index contributed by atoms with van der Waals surface area (Å²) in [6, 6.07) is 8.80. The number of carboxylic acid groups (broad SMARTS) is 1. The molecular formula is C21H31N3O5. The van der Waals surface area contributed by atoms with Crippen LogP contribution >= 0.6 is 0 Å². The summed E-state index contributed by atoms with van der Waals surface area (Å²) in [5.41, 5.74) is 0.294. The molecule has 160 valence electrons. The number of nitrogens with zero attached hydrogens (tertiary/aromatic N) is 2. The van der Waals surface area contributed by atoms with Gasteiger partial charge < -0.3 is 20.1 Å². The number of benzene rings is 1. The smallest absolute Gasteiger partial charge is 0.408 e. The Bertz CT molecular complexity index is 694. The second-order valence-electron chi connectivity index (χ2n) is 8.20. The molecule has 2 N–H and O–H groups in total. The lowest BCUT2D eigenvalue weighted by Crippen LogP contribution is -2.56. The first-order valence-electron chi connectivity index (χ1n) is 9.90. The molecule has 8 nitrogen and oxygen atoms in total. The van der Waals surface area contributed by atoms with Crippen molar-refractivity contribution in [1.29, 1.82) is 0 Å². The van der Waals surface area contributed by atoms with Crippen LogP contribution in [0.5, 0.6) is 0 Å². The Hall–Kier alpha value is -2.61. The predicted octanol–water partition coefficient (Wildman–Crippen LogP) is 1.74. The van der Waals surface area contributed by atoms with E-state index in [1.807, 2.05) is 35.2 Å². The fourth-order valence-corrected chi connectivity index (χ4v) is 3.17. The van der Waals surface area contributed by atoms with E-state index in [0.717, 1.165) is 5.56 Å². The minimum absolute atomic E-state index is 0.0881. The summed E-state index contributed by atoms with van der Waals surface area (Å²) in [6.45, 7) is 8.03. The lowest BCUT2D eigenvalue weighted by molar-refractivity contribution is -0.139. The monoisotopic (exact) mass is 405 g/mol. The van der Waals surface area contributed by atoms with Gasteiger partial charge in [-0.15, -0.1) is 0 Å². The normalized spacial score (nSPS) is 16.2. The highest BCUT2D eigenvalue weighted by Crippen LogP contribution is 2.12. The third kappa shape index (κ3) is 8.11. The fourth-order valence-electron chi connectivity index (χ4n) is 3.17. The molecule has 1 fully saturated rings. The van der Waals surface area contributed by atoms with Crippen LogP contribution in [0.15, 0.2) is 30.3 Å². The van der Waals surface area contributed by atoms with Crippen molar-refractivity contribution in [1.82, 2.24) is 15.1 Å². The van der Waals surface area contributed by atoms with Crippen LogP contribution in [-0.2, 0) is 20.7 Å². The maximum Gasteiger partial charge on any atom is 0.408 e. The summed E-state index contributed by atoms with van der Waals surface area (Å²) >= 11 is 0. The van der Waals surface area contributed by atoms with Crippen molar-refractivity contribution in [2.75, 3.05) is 32.7 Å². The Labute approximate surface area is 171 Å². The van der Waals surface area contributed by atoms with Crippen molar-refractivity contribution in [3.05, 3.63) is 35.9 Å². The van der Waals surface area contributed by atoms with Gasteiger partial charge in [0.1, 0.15) is 11.6 Å². The first-order chi connectivity index (χ1) is 13.6. The van der Waals surface area contributed by atoms with E-state index in [2.05, 4.69) is 5.32 Å². The van der Waals surface area contributed by atoms with Crippen molar-refractivity contribution >= 4 is 18.0 Å². The number of nitrogens with one attached hydrogen (secondary N) is 1. The average Bonchev–Trinajstić information content (AvgIpc) is 2.65. The van der Waals surface area contributed by atoms with Gasteiger partial charge in [0, 0.05) is 39.1 Å². The number of aliphatic carboxylic acids is 1. The molecule has 0 spiro atoms. The number of hydrogen-bond donors (Lipinski definition) is 2. The molecule has 1 heterocycles. The topological polar surface area (TPSA) is 99.2 Å². The predicted molar refractivity (Wildman–Crippen MR) is 109 cm³/mol. The minimum atomic E-state index is -0.826. The minimum Gasteiger partial charge on any atom is -0.481 e. The van der Waals surface area contributed by atoms with Crippen LogP contribution < -0.4 is 5.32 Å². The lowest BCUT2D eigenvalue weighted by atomic mass is 10.0. The average molecular weight is 405 g/mol. The highest BCUT2D eigenvalue weighted by molar-refractivity contribution is 5.86. The summed E-state index contributed by atoms with van der Waals surface area (Å²) in [6.07, 6.45) is -0.157. The Kier molecular flexibility index (Phi) is 8.01. The molecule has 0 saturated carbocycles. The first-order valence-corrected chi connectivity index (χ1v) is 9.90. The van der Waals surface area contributed by atoms with E-state index in [-0.39, 0.29) is 12.3 Å². The van der Waals surface area contributed by atoms with E-state index in [9.17, 15) is 14.4 Å². The van der Waals surface area contributed by atoms with Gasteiger partial charge in [-0.1, -0.05) is 30.3 Å². The van der Waals surface area contributed by atoms with Crippen LogP contribution in [0.4, 0.5) is 4.79 Å². The van der Waals surface area contributed by atoms with Gasteiger partial charge in [-0.25, -0.2) is 4.79 Å². The van der Waals surface area contributed by atoms with Gasteiger partial charge in [-0.05, 0) is 26.3 Å². The van der Waals surface area contributed by atoms with Crippen LogP contribution in [0, 0.1) is 0 Å². The summed E-state index contributed by atoms with van der Waals surface area (Å²) in [7, 11) is 0. The summed E-state index contributed by atoms with van der Waals surface area (Å²) < 4.78 is 5.33. The van der Waals surface area contributed by atoms with E-state index < -0.39 is 23.7 Å². The molecule has 1 aliphatic rings. The van der Waals surface area contributed by atoms with Gasteiger partial charge >= 0.3 is 12.1 Å². The van der Waals surface area contributed by atoms with Crippen LogP contribution in [0.3, 0.4) is 0 Å². The number of piperazine rings is 1. The largest absolute Gasteiger partial charge is 0.481 e. The maximum atomic E-state index is 13.1. The lowest BCUT2D eigenvalue weighted by Gasteiger charge is -2.36. The molecule has 0 radical (unpaired) electrons. The number of alkyl carbamates (subject to hydrolysis) is 1. The SMILES string of the molecule is CC(C)(C)OC(=O)NC(Cc1ccccc1)C(=O)N1CCN(CCC(=O)O)CC1. The summed E-state index contributed by atoms with van der Waals surface area (Å²) in [5.74, 6) is -0.981. The van der Waals surface area contributed by atoms with Crippen molar-refractivity contribution in [3.8, 4) is 0 Å². The molecule has 1 aromatic carbocycles. The molecule has 8 heteroatoms. The third-order valence-electron chi connectivity index (χ3n) is 4.60. The Morgan fingerprint density at radius 1 is 1.10 bits per heavy atom. The summed E-state index contributed by atoms with van der Waals surface area (Å²) in [4.78, 5) is 39.9. The van der Waals surface area contributed by atoms with E-state index >= 15 is 0 Å². The second-order valence-corrected chi connectivity index (χ2v) is 8.20. The molecule has 29 heavy (non-hydrogen) atoms. The van der Waals surface area contributed by atoms with Crippen molar-refractivity contribution < 1.29 is 24.2 Å². The highest BCUT2D eigenvalue weighted by atomic mass is 16.6. The number of amides is 2. The van der Waals surface area contributed by atoms with Crippen LogP contribution in [0.25, 0.3) is 0 Å². The molecule has 1 aromatic rings. The molecule has 1 saturated heterocycles. The van der Waals surface area contributed by atoms with E-state index in [0.29, 0.717) is 39.1 Å². The maximum absolute atomic E-state index is 13.1. The van der Waals surface area contributed by atoms with Gasteiger partial charge in [-0.2, -0.15) is 0 Å². The van der Waals surface area contributed by atoms with E-state index in [1.54, 1.807) is 25.7 Å². The quantitative estimate of drug-likeness (QED) is 0.717.